The summed E-state index contributed by atoms with van der Waals surface area (Å²) in [5.74, 6) is -0.508. The van der Waals surface area contributed by atoms with Gasteiger partial charge in [0.2, 0.25) is 5.91 Å². The second kappa shape index (κ2) is 10.3. The largest absolute Gasteiger partial charge is 0.338 e. The monoisotopic (exact) mass is 439 g/mol. The van der Waals surface area contributed by atoms with Crippen molar-refractivity contribution in [3.8, 4) is 6.07 Å². The van der Waals surface area contributed by atoms with Crippen molar-refractivity contribution in [2.24, 2.45) is 0 Å². The third-order valence-corrected chi connectivity index (χ3v) is 6.53. The van der Waals surface area contributed by atoms with Gasteiger partial charge in [0.25, 0.3) is 5.91 Å². The molecule has 5 nitrogen and oxygen atoms in total. The van der Waals surface area contributed by atoms with Crippen molar-refractivity contribution in [2.45, 2.75) is 56.5 Å². The van der Waals surface area contributed by atoms with E-state index in [2.05, 4.69) is 16.7 Å². The number of carbonyl (C=O) groups excluding carboxylic acids is 2. The van der Waals surface area contributed by atoms with Crippen LogP contribution < -0.4 is 10.6 Å². The molecule has 0 aliphatic heterocycles. The summed E-state index contributed by atoms with van der Waals surface area (Å²) >= 11 is 0. The molecule has 2 amide bonds. The molecule has 0 heterocycles. The normalized spacial score (nSPS) is 15.8. The van der Waals surface area contributed by atoms with Gasteiger partial charge in [-0.2, -0.15) is 5.26 Å². The first-order chi connectivity index (χ1) is 16.1. The zero-order valence-electron chi connectivity index (χ0n) is 18.7. The van der Waals surface area contributed by atoms with Crippen LogP contribution in [0.2, 0.25) is 0 Å². The summed E-state index contributed by atoms with van der Waals surface area (Å²) in [7, 11) is 0. The number of amides is 2. The summed E-state index contributed by atoms with van der Waals surface area (Å²) in [4.78, 5) is 26.6. The van der Waals surface area contributed by atoms with E-state index in [0.29, 0.717) is 31.2 Å². The average molecular weight is 440 g/mol. The maximum absolute atomic E-state index is 13.4. The number of fused-ring (bicyclic) bond motifs is 1. The van der Waals surface area contributed by atoms with E-state index in [-0.39, 0.29) is 11.8 Å². The Balaban J connectivity index is 1.47. The number of nitrogens with one attached hydrogen (secondary N) is 2. The lowest BCUT2D eigenvalue weighted by Gasteiger charge is -2.37. The summed E-state index contributed by atoms with van der Waals surface area (Å²) in [5.41, 5.74) is 0.680. The van der Waals surface area contributed by atoms with Crippen LogP contribution >= 0.6 is 0 Å². The molecule has 5 heteroatoms. The van der Waals surface area contributed by atoms with E-state index in [1.165, 1.54) is 0 Å². The van der Waals surface area contributed by atoms with Crippen molar-refractivity contribution in [1.82, 2.24) is 10.6 Å². The molecule has 0 saturated heterocycles. The lowest BCUT2D eigenvalue weighted by molar-refractivity contribution is -0.129. The topological polar surface area (TPSA) is 82.0 Å². The molecule has 1 atom stereocenters. The Morgan fingerprint density at radius 2 is 1.61 bits per heavy atom. The Kier molecular flexibility index (Phi) is 7.04. The summed E-state index contributed by atoms with van der Waals surface area (Å²) in [5, 5.41) is 17.7. The first kappa shape index (κ1) is 22.5. The molecule has 168 valence electrons. The fraction of sp³-hybridized carbons (Fsp3) is 0.321. The molecule has 1 aliphatic rings. The van der Waals surface area contributed by atoms with Gasteiger partial charge >= 0.3 is 0 Å². The van der Waals surface area contributed by atoms with E-state index in [4.69, 9.17) is 0 Å². The standard InChI is InChI=1S/C28H29N3O2/c29-20-25(16-13-21-9-3-1-4-10-21)30-27(33)28(17-7-2-8-18-28)31-26(32)24-15-14-22-11-5-6-12-23(22)19-24/h1,3-6,9-12,14-15,19,25H,2,7-8,13,16-18H2,(H,30,33)(H,31,32). The highest BCUT2D eigenvalue weighted by Gasteiger charge is 2.41. The van der Waals surface area contributed by atoms with Crippen LogP contribution in [-0.4, -0.2) is 23.4 Å². The van der Waals surface area contributed by atoms with E-state index >= 15 is 0 Å². The summed E-state index contributed by atoms with van der Waals surface area (Å²) in [6, 6.07) is 25.0. The molecule has 2 N–H and O–H groups in total. The molecule has 0 bridgehead atoms. The van der Waals surface area contributed by atoms with Gasteiger partial charge in [0.05, 0.1) is 6.07 Å². The Morgan fingerprint density at radius 3 is 2.33 bits per heavy atom. The van der Waals surface area contributed by atoms with E-state index in [9.17, 15) is 14.9 Å². The molecular weight excluding hydrogens is 410 g/mol. The molecule has 1 fully saturated rings. The third kappa shape index (κ3) is 5.40. The van der Waals surface area contributed by atoms with Crippen molar-refractivity contribution in [1.29, 1.82) is 5.26 Å². The molecule has 0 spiro atoms. The second-order valence-corrected chi connectivity index (χ2v) is 8.84. The summed E-state index contributed by atoms with van der Waals surface area (Å²) in [6.07, 6.45) is 5.16. The Labute approximate surface area is 194 Å². The Morgan fingerprint density at radius 1 is 0.909 bits per heavy atom. The number of rotatable bonds is 7. The molecule has 1 saturated carbocycles. The first-order valence-corrected chi connectivity index (χ1v) is 11.7. The van der Waals surface area contributed by atoms with Crippen LogP contribution in [0.4, 0.5) is 0 Å². The van der Waals surface area contributed by atoms with Gasteiger partial charge in [-0.25, -0.2) is 0 Å². The van der Waals surface area contributed by atoms with Crippen molar-refractivity contribution in [3.05, 3.63) is 83.9 Å². The predicted molar refractivity (Wildman–Crippen MR) is 130 cm³/mol. The molecular formula is C28H29N3O2. The number of nitriles is 1. The van der Waals surface area contributed by atoms with Gasteiger partial charge in [0.1, 0.15) is 11.6 Å². The zero-order valence-corrected chi connectivity index (χ0v) is 18.7. The van der Waals surface area contributed by atoms with Crippen LogP contribution in [0, 0.1) is 11.3 Å². The highest BCUT2D eigenvalue weighted by Crippen LogP contribution is 2.29. The Bertz CT molecular complexity index is 1160. The van der Waals surface area contributed by atoms with E-state index in [1.54, 1.807) is 6.07 Å². The fourth-order valence-corrected chi connectivity index (χ4v) is 4.61. The van der Waals surface area contributed by atoms with Crippen LogP contribution in [0.15, 0.2) is 72.8 Å². The van der Waals surface area contributed by atoms with Crippen LogP contribution in [0.3, 0.4) is 0 Å². The SMILES string of the molecule is N#CC(CCc1ccccc1)NC(=O)C1(NC(=O)c2ccc3ccccc3c2)CCCCC1. The number of nitrogens with zero attached hydrogens (tertiary/aromatic N) is 1. The van der Waals surface area contributed by atoms with Gasteiger partial charge in [-0.15, -0.1) is 0 Å². The number of hydrogen-bond acceptors (Lipinski definition) is 3. The highest BCUT2D eigenvalue weighted by atomic mass is 16.2. The van der Waals surface area contributed by atoms with E-state index in [0.717, 1.165) is 35.6 Å². The molecule has 0 aromatic heterocycles. The minimum absolute atomic E-state index is 0.254. The van der Waals surface area contributed by atoms with Crippen molar-refractivity contribution in [2.75, 3.05) is 0 Å². The van der Waals surface area contributed by atoms with Crippen molar-refractivity contribution >= 4 is 22.6 Å². The Hall–Kier alpha value is -3.65. The van der Waals surface area contributed by atoms with Gasteiger partial charge in [-0.05, 0) is 54.2 Å². The molecule has 1 aliphatic carbocycles. The molecule has 3 aromatic carbocycles. The van der Waals surface area contributed by atoms with E-state index in [1.807, 2.05) is 66.7 Å². The quantitative estimate of drug-likeness (QED) is 0.549. The van der Waals surface area contributed by atoms with Crippen LogP contribution in [0.5, 0.6) is 0 Å². The van der Waals surface area contributed by atoms with Gasteiger partial charge in [0, 0.05) is 5.56 Å². The lowest BCUT2D eigenvalue weighted by atomic mass is 9.80. The van der Waals surface area contributed by atoms with Crippen LogP contribution in [-0.2, 0) is 11.2 Å². The number of benzene rings is 3. The fourth-order valence-electron chi connectivity index (χ4n) is 4.61. The number of carbonyl (C=O) groups is 2. The number of hydrogen-bond donors (Lipinski definition) is 2. The molecule has 33 heavy (non-hydrogen) atoms. The van der Waals surface area contributed by atoms with Gasteiger partial charge in [0.15, 0.2) is 0 Å². The van der Waals surface area contributed by atoms with Gasteiger partial charge in [-0.1, -0.05) is 79.9 Å². The average Bonchev–Trinajstić information content (AvgIpc) is 2.87. The minimum atomic E-state index is -0.983. The maximum Gasteiger partial charge on any atom is 0.252 e. The van der Waals surface area contributed by atoms with Gasteiger partial charge < -0.3 is 10.6 Å². The minimum Gasteiger partial charge on any atom is -0.338 e. The van der Waals surface area contributed by atoms with Gasteiger partial charge in [-0.3, -0.25) is 9.59 Å². The van der Waals surface area contributed by atoms with Crippen molar-refractivity contribution in [3.63, 3.8) is 0 Å². The molecule has 3 aromatic rings. The molecule has 4 rings (SSSR count). The maximum atomic E-state index is 13.4. The lowest BCUT2D eigenvalue weighted by Crippen LogP contribution is -2.61. The van der Waals surface area contributed by atoms with E-state index < -0.39 is 11.6 Å². The zero-order chi connectivity index (χ0) is 23.1. The van der Waals surface area contributed by atoms with Crippen LogP contribution in [0.25, 0.3) is 10.8 Å². The predicted octanol–water partition coefficient (Wildman–Crippen LogP) is 4.91. The first-order valence-electron chi connectivity index (χ1n) is 11.7. The highest BCUT2D eigenvalue weighted by molar-refractivity contribution is 6.02. The smallest absolute Gasteiger partial charge is 0.252 e. The van der Waals surface area contributed by atoms with Crippen molar-refractivity contribution < 1.29 is 9.59 Å². The second-order valence-electron chi connectivity index (χ2n) is 8.84. The molecule has 1 unspecified atom stereocenters. The number of aryl methyl sites for hydroxylation is 1. The van der Waals surface area contributed by atoms with Crippen LogP contribution in [0.1, 0.15) is 54.4 Å². The summed E-state index contributed by atoms with van der Waals surface area (Å²) in [6.45, 7) is 0. The molecule has 0 radical (unpaired) electrons. The third-order valence-electron chi connectivity index (χ3n) is 6.53. The summed E-state index contributed by atoms with van der Waals surface area (Å²) < 4.78 is 0.